The highest BCUT2D eigenvalue weighted by molar-refractivity contribution is 9.10. The largest absolute Gasteiger partial charge is 0.376 e. The molecule has 0 spiro atoms. The molecule has 0 saturated heterocycles. The number of carbonyl (C=O) groups excluding carboxylic acids is 1. The minimum Gasteiger partial charge on any atom is -0.376 e. The Balaban J connectivity index is 1.80. The summed E-state index contributed by atoms with van der Waals surface area (Å²) in [6.07, 6.45) is 1.64. The molecule has 0 radical (unpaired) electrons. The van der Waals surface area contributed by atoms with Crippen molar-refractivity contribution in [2.45, 2.75) is 13.8 Å². The number of benzene rings is 2. The lowest BCUT2D eigenvalue weighted by Crippen LogP contribution is -2.25. The summed E-state index contributed by atoms with van der Waals surface area (Å²) in [7, 11) is 0. The van der Waals surface area contributed by atoms with Crippen molar-refractivity contribution >= 4 is 39.4 Å². The second kappa shape index (κ2) is 9.84. The van der Waals surface area contributed by atoms with E-state index >= 15 is 0 Å². The molecule has 0 aliphatic rings. The lowest BCUT2D eigenvalue weighted by Gasteiger charge is -2.20. The number of halogens is 1. The first kappa shape index (κ1) is 19.0. The van der Waals surface area contributed by atoms with Crippen LogP contribution >= 0.6 is 15.9 Å². The number of carbonyl (C=O) groups is 1. The number of rotatable bonds is 8. The second-order valence-electron chi connectivity index (χ2n) is 5.42. The molecule has 6 heteroatoms. The third kappa shape index (κ3) is 6.23. The van der Waals surface area contributed by atoms with Crippen LogP contribution in [-0.2, 0) is 4.79 Å². The van der Waals surface area contributed by atoms with E-state index in [0.29, 0.717) is 0 Å². The first-order chi connectivity index (χ1) is 12.1. The minimum atomic E-state index is -0.198. The molecule has 0 fully saturated rings. The Bertz CT molecular complexity index is 712. The van der Waals surface area contributed by atoms with Gasteiger partial charge in [-0.15, -0.1) is 0 Å². The molecule has 25 heavy (non-hydrogen) atoms. The fourth-order valence-electron chi connectivity index (χ4n) is 2.36. The number of hydrogen-bond acceptors (Lipinski definition) is 4. The maximum absolute atomic E-state index is 11.8. The molecule has 2 N–H and O–H groups in total. The van der Waals surface area contributed by atoms with Crippen molar-refractivity contribution < 1.29 is 4.79 Å². The molecule has 0 bridgehead atoms. The number of nitrogens with zero attached hydrogens (tertiary/aromatic N) is 2. The molecule has 0 aliphatic heterocycles. The first-order valence-corrected chi connectivity index (χ1v) is 9.08. The van der Waals surface area contributed by atoms with Crippen LogP contribution in [0.1, 0.15) is 19.4 Å². The molecular weight excluding hydrogens is 380 g/mol. The molecule has 2 aromatic carbocycles. The summed E-state index contributed by atoms with van der Waals surface area (Å²) < 4.78 is 0.962. The topological polar surface area (TPSA) is 56.7 Å². The van der Waals surface area contributed by atoms with Crippen LogP contribution < -0.4 is 15.6 Å². The molecule has 0 unspecified atom stereocenters. The third-order valence-corrected chi connectivity index (χ3v) is 4.20. The Labute approximate surface area is 157 Å². The van der Waals surface area contributed by atoms with Gasteiger partial charge in [-0.25, -0.2) is 5.43 Å². The van der Waals surface area contributed by atoms with Crippen LogP contribution in [0.4, 0.5) is 11.4 Å². The van der Waals surface area contributed by atoms with Crippen molar-refractivity contribution in [3.63, 3.8) is 0 Å². The van der Waals surface area contributed by atoms with E-state index in [2.05, 4.69) is 62.7 Å². The zero-order valence-electron chi connectivity index (χ0n) is 14.5. The van der Waals surface area contributed by atoms with E-state index in [9.17, 15) is 4.79 Å². The molecule has 0 saturated carbocycles. The van der Waals surface area contributed by atoms with Gasteiger partial charge in [-0.3, -0.25) is 4.79 Å². The van der Waals surface area contributed by atoms with Gasteiger partial charge in [0.05, 0.1) is 12.8 Å². The summed E-state index contributed by atoms with van der Waals surface area (Å²) in [5.41, 5.74) is 5.52. The molecular formula is C19H23BrN4O. The van der Waals surface area contributed by atoms with Gasteiger partial charge in [0.15, 0.2) is 0 Å². The average Bonchev–Trinajstić information content (AvgIpc) is 2.62. The average molecular weight is 403 g/mol. The zero-order valence-corrected chi connectivity index (χ0v) is 16.1. The van der Waals surface area contributed by atoms with Crippen LogP contribution in [0.2, 0.25) is 0 Å². The quantitative estimate of drug-likeness (QED) is 0.520. The van der Waals surface area contributed by atoms with Crippen LogP contribution in [0, 0.1) is 0 Å². The number of amides is 1. The van der Waals surface area contributed by atoms with Gasteiger partial charge >= 0.3 is 0 Å². The SMILES string of the molecule is CCN(CC)c1ccc(/C=N/NC(=O)CNc2cccc(Br)c2)cc1. The van der Waals surface area contributed by atoms with Crippen molar-refractivity contribution in [1.82, 2.24) is 5.43 Å². The second-order valence-corrected chi connectivity index (χ2v) is 6.34. The van der Waals surface area contributed by atoms with Gasteiger partial charge in [-0.1, -0.05) is 34.1 Å². The van der Waals surface area contributed by atoms with Gasteiger partial charge in [-0.05, 0) is 49.7 Å². The lowest BCUT2D eigenvalue weighted by molar-refractivity contribution is -0.119. The summed E-state index contributed by atoms with van der Waals surface area (Å²) >= 11 is 3.39. The summed E-state index contributed by atoms with van der Waals surface area (Å²) in [6.45, 7) is 6.39. The van der Waals surface area contributed by atoms with Crippen molar-refractivity contribution in [3.8, 4) is 0 Å². The van der Waals surface area contributed by atoms with Gasteiger partial charge in [0.2, 0.25) is 0 Å². The van der Waals surface area contributed by atoms with Gasteiger partial charge in [-0.2, -0.15) is 5.10 Å². The lowest BCUT2D eigenvalue weighted by atomic mass is 10.2. The normalized spacial score (nSPS) is 10.7. The van der Waals surface area contributed by atoms with Gasteiger partial charge in [0.1, 0.15) is 0 Å². The standard InChI is InChI=1S/C19H23BrN4O/c1-3-24(4-2)18-10-8-15(9-11-18)13-22-23-19(25)14-21-17-7-5-6-16(20)12-17/h5-13,21H,3-4,14H2,1-2H3,(H,23,25)/b22-13+. The zero-order chi connectivity index (χ0) is 18.1. The van der Waals surface area contributed by atoms with Crippen molar-refractivity contribution in [2.75, 3.05) is 29.9 Å². The number of hydrazone groups is 1. The maximum atomic E-state index is 11.8. The third-order valence-electron chi connectivity index (χ3n) is 3.70. The smallest absolute Gasteiger partial charge is 0.259 e. The highest BCUT2D eigenvalue weighted by Crippen LogP contribution is 2.15. The summed E-state index contributed by atoms with van der Waals surface area (Å²) in [5.74, 6) is -0.198. The van der Waals surface area contributed by atoms with Gasteiger partial charge in [0.25, 0.3) is 5.91 Å². The van der Waals surface area contributed by atoms with E-state index < -0.39 is 0 Å². The Morgan fingerprint density at radius 2 is 1.88 bits per heavy atom. The monoisotopic (exact) mass is 402 g/mol. The predicted octanol–water partition coefficient (Wildman–Crippen LogP) is 3.86. The minimum absolute atomic E-state index is 0.161. The van der Waals surface area contributed by atoms with Crippen molar-refractivity contribution in [3.05, 3.63) is 58.6 Å². The van der Waals surface area contributed by atoms with Gasteiger partial charge < -0.3 is 10.2 Å². The molecule has 0 heterocycles. The number of hydrogen-bond donors (Lipinski definition) is 2. The Morgan fingerprint density at radius 3 is 2.52 bits per heavy atom. The van der Waals surface area contributed by atoms with Crippen LogP contribution in [0.3, 0.4) is 0 Å². The van der Waals surface area contributed by atoms with E-state index in [0.717, 1.165) is 28.8 Å². The van der Waals surface area contributed by atoms with E-state index in [1.54, 1.807) is 6.21 Å². The highest BCUT2D eigenvalue weighted by Gasteiger charge is 2.01. The van der Waals surface area contributed by atoms with Crippen LogP contribution in [0.15, 0.2) is 58.1 Å². The fourth-order valence-corrected chi connectivity index (χ4v) is 2.76. The fraction of sp³-hybridized carbons (Fsp3) is 0.263. The first-order valence-electron chi connectivity index (χ1n) is 8.28. The summed E-state index contributed by atoms with van der Waals surface area (Å²) in [4.78, 5) is 14.1. The predicted molar refractivity (Wildman–Crippen MR) is 108 cm³/mol. The molecule has 0 atom stereocenters. The summed E-state index contributed by atoms with van der Waals surface area (Å²) in [5, 5.41) is 7.04. The summed E-state index contributed by atoms with van der Waals surface area (Å²) in [6, 6.07) is 15.8. The van der Waals surface area contributed by atoms with E-state index in [1.165, 1.54) is 5.69 Å². The van der Waals surface area contributed by atoms with Crippen LogP contribution in [-0.4, -0.2) is 31.8 Å². The van der Waals surface area contributed by atoms with E-state index in [1.807, 2.05) is 36.4 Å². The number of nitrogens with one attached hydrogen (secondary N) is 2. The number of anilines is 2. The molecule has 0 aromatic heterocycles. The maximum Gasteiger partial charge on any atom is 0.259 e. The van der Waals surface area contributed by atoms with Crippen molar-refractivity contribution in [2.24, 2.45) is 5.10 Å². The molecule has 0 aliphatic carbocycles. The van der Waals surface area contributed by atoms with Gasteiger partial charge in [0, 0.05) is 28.9 Å². The molecule has 1 amide bonds. The highest BCUT2D eigenvalue weighted by atomic mass is 79.9. The Kier molecular flexibility index (Phi) is 7.47. The van der Waals surface area contributed by atoms with Crippen molar-refractivity contribution in [1.29, 1.82) is 0 Å². The molecule has 2 rings (SSSR count). The molecule has 5 nitrogen and oxygen atoms in total. The van der Waals surface area contributed by atoms with Crippen LogP contribution in [0.25, 0.3) is 0 Å². The molecule has 132 valence electrons. The van der Waals surface area contributed by atoms with Crippen LogP contribution in [0.5, 0.6) is 0 Å². The Hall–Kier alpha value is -2.34. The van der Waals surface area contributed by atoms with E-state index in [-0.39, 0.29) is 12.5 Å². The van der Waals surface area contributed by atoms with E-state index in [4.69, 9.17) is 0 Å². The Morgan fingerprint density at radius 1 is 1.16 bits per heavy atom. The molecule has 2 aromatic rings.